The molecule has 0 aliphatic carbocycles. The number of benzene rings is 2. The highest BCUT2D eigenvalue weighted by Gasteiger charge is 2.28. The van der Waals surface area contributed by atoms with Crippen molar-refractivity contribution in [2.75, 3.05) is 26.2 Å². The van der Waals surface area contributed by atoms with Crippen LogP contribution in [0, 0.1) is 0 Å². The molecule has 0 aliphatic rings. The van der Waals surface area contributed by atoms with Gasteiger partial charge in [0.2, 0.25) is 35.4 Å². The number of amides is 6. The Morgan fingerprint density at radius 3 is 2.06 bits per heavy atom. The number of rotatable bonds is 21. The molecule has 1 heterocycles. The van der Waals surface area contributed by atoms with Crippen molar-refractivity contribution in [2.45, 2.75) is 56.8 Å². The SMILES string of the molecule is C[C@H](NC(=O)[C@H](Cc1ccccc1)NC(=O)CNC(=O)CNC(=O)[C@H](Cc1c[nH]c2ccccc12)NC(=O)[C@H](CCCN=C(N)N)NC(=O)CN)C(=O)O. The van der Waals surface area contributed by atoms with Crippen LogP contribution < -0.4 is 49.1 Å². The van der Waals surface area contributed by atoms with Crippen LogP contribution in [0.15, 0.2) is 65.8 Å². The summed E-state index contributed by atoms with van der Waals surface area (Å²) in [6, 6.07) is 11.4. The van der Waals surface area contributed by atoms with Crippen LogP contribution in [0.1, 0.15) is 30.9 Å². The van der Waals surface area contributed by atoms with E-state index in [4.69, 9.17) is 17.2 Å². The van der Waals surface area contributed by atoms with Gasteiger partial charge in [-0.05, 0) is 37.0 Å². The molecule has 3 aromatic rings. The number of aromatic amines is 1. The second kappa shape index (κ2) is 21.1. The monoisotopic (exact) mass is 749 g/mol. The number of nitrogens with one attached hydrogen (secondary N) is 7. The van der Waals surface area contributed by atoms with Crippen molar-refractivity contribution in [3.8, 4) is 0 Å². The predicted octanol–water partition coefficient (Wildman–Crippen LogP) is -2.76. The number of carbonyl (C=O) groups excluding carboxylic acids is 6. The highest BCUT2D eigenvalue weighted by Crippen LogP contribution is 2.19. The summed E-state index contributed by atoms with van der Waals surface area (Å²) in [6.45, 7) is -0.0689. The van der Waals surface area contributed by atoms with Crippen LogP contribution in [-0.2, 0) is 46.4 Å². The van der Waals surface area contributed by atoms with Crippen LogP contribution in [0.25, 0.3) is 10.9 Å². The van der Waals surface area contributed by atoms with E-state index in [1.165, 1.54) is 6.92 Å². The van der Waals surface area contributed by atoms with Crippen LogP contribution in [0.3, 0.4) is 0 Å². The molecule has 290 valence electrons. The van der Waals surface area contributed by atoms with Gasteiger partial charge in [0.25, 0.3) is 0 Å². The van der Waals surface area contributed by atoms with Gasteiger partial charge in [0.1, 0.15) is 24.2 Å². The minimum Gasteiger partial charge on any atom is -0.480 e. The lowest BCUT2D eigenvalue weighted by Crippen LogP contribution is -2.56. The molecule has 2 aromatic carbocycles. The highest BCUT2D eigenvalue weighted by atomic mass is 16.4. The van der Waals surface area contributed by atoms with Gasteiger partial charge in [0.05, 0.1) is 19.6 Å². The van der Waals surface area contributed by atoms with Gasteiger partial charge in [-0.15, -0.1) is 0 Å². The molecule has 0 saturated heterocycles. The number of carboxylic acid groups (broad SMARTS) is 1. The average molecular weight is 750 g/mol. The van der Waals surface area contributed by atoms with E-state index in [1.807, 2.05) is 24.3 Å². The van der Waals surface area contributed by atoms with Crippen molar-refractivity contribution < 1.29 is 38.7 Å². The molecule has 0 aliphatic heterocycles. The Morgan fingerprint density at radius 1 is 0.741 bits per heavy atom. The molecule has 4 atom stereocenters. The molecule has 14 N–H and O–H groups in total. The largest absolute Gasteiger partial charge is 0.480 e. The first-order chi connectivity index (χ1) is 25.8. The maximum absolute atomic E-state index is 13.5. The van der Waals surface area contributed by atoms with E-state index in [1.54, 1.807) is 36.5 Å². The Balaban J connectivity index is 1.66. The number of nitrogens with two attached hydrogens (primary N) is 3. The fourth-order valence-corrected chi connectivity index (χ4v) is 5.24. The lowest BCUT2D eigenvalue weighted by Gasteiger charge is -2.23. The lowest BCUT2D eigenvalue weighted by atomic mass is 10.0. The zero-order chi connectivity index (χ0) is 39.6. The molecule has 19 heteroatoms. The molecule has 19 nitrogen and oxygen atoms in total. The third-order valence-electron chi connectivity index (χ3n) is 8.05. The summed E-state index contributed by atoms with van der Waals surface area (Å²) >= 11 is 0. The third-order valence-corrected chi connectivity index (χ3v) is 8.05. The molecule has 1 aromatic heterocycles. The predicted molar refractivity (Wildman–Crippen MR) is 198 cm³/mol. The van der Waals surface area contributed by atoms with Gasteiger partial charge in [-0.25, -0.2) is 0 Å². The van der Waals surface area contributed by atoms with Crippen molar-refractivity contribution in [1.29, 1.82) is 0 Å². The summed E-state index contributed by atoms with van der Waals surface area (Å²) < 4.78 is 0. The van der Waals surface area contributed by atoms with Crippen LogP contribution >= 0.6 is 0 Å². The van der Waals surface area contributed by atoms with Crippen molar-refractivity contribution in [1.82, 2.24) is 36.9 Å². The number of carboxylic acids is 1. The Kier molecular flexibility index (Phi) is 16.4. The Labute approximate surface area is 310 Å². The molecular formula is C35H47N11O8. The standard InChI is InChI=1S/C35H47N11O8/c1-20(34(53)54)43-33(52)26(14-21-8-3-2-4-9-21)45-30(49)19-41-29(48)18-42-31(50)27(15-22-17-40-24-11-6-5-10-23(22)24)46-32(51)25(44-28(47)16-36)12-7-13-39-35(37)38/h2-6,8-11,17,20,25-27,40H,7,12-16,18-19,36H2,1H3,(H,41,48)(H,42,50)(H,43,52)(H,44,47)(H,45,49)(H,46,51)(H,53,54)(H4,37,38,39)/t20-,25-,26-,27-/m0/s1. The smallest absolute Gasteiger partial charge is 0.325 e. The molecule has 0 saturated carbocycles. The number of aliphatic carboxylic acids is 1. The average Bonchev–Trinajstić information content (AvgIpc) is 3.56. The first-order valence-corrected chi connectivity index (χ1v) is 17.1. The van der Waals surface area contributed by atoms with Crippen LogP contribution in [0.4, 0.5) is 0 Å². The van der Waals surface area contributed by atoms with Crippen molar-refractivity contribution in [3.05, 3.63) is 71.9 Å². The molecule has 6 amide bonds. The van der Waals surface area contributed by atoms with Gasteiger partial charge in [-0.3, -0.25) is 38.6 Å². The number of aromatic nitrogens is 1. The number of aliphatic imine (C=N–C) groups is 1. The Morgan fingerprint density at radius 2 is 1.37 bits per heavy atom. The normalized spacial score (nSPS) is 12.9. The van der Waals surface area contributed by atoms with Gasteiger partial charge in [0.15, 0.2) is 5.96 Å². The van der Waals surface area contributed by atoms with Gasteiger partial charge < -0.3 is 59.2 Å². The summed E-state index contributed by atoms with van der Waals surface area (Å²) in [6.07, 6.45) is 2.17. The lowest BCUT2D eigenvalue weighted by molar-refractivity contribution is -0.141. The van der Waals surface area contributed by atoms with Gasteiger partial charge in [-0.2, -0.15) is 0 Å². The van der Waals surface area contributed by atoms with Crippen molar-refractivity contribution in [2.24, 2.45) is 22.2 Å². The maximum atomic E-state index is 13.5. The molecule has 0 radical (unpaired) electrons. The summed E-state index contributed by atoms with van der Waals surface area (Å²) in [5.74, 6) is -5.65. The van der Waals surface area contributed by atoms with Gasteiger partial charge >= 0.3 is 5.97 Å². The Hall–Kier alpha value is -6.50. The molecule has 0 bridgehead atoms. The van der Waals surface area contributed by atoms with E-state index in [0.29, 0.717) is 17.5 Å². The van der Waals surface area contributed by atoms with Gasteiger partial charge in [-0.1, -0.05) is 48.5 Å². The summed E-state index contributed by atoms with van der Waals surface area (Å²) in [5, 5.41) is 24.9. The number of carbonyl (C=O) groups is 7. The number of H-pyrrole nitrogens is 1. The molecule has 54 heavy (non-hydrogen) atoms. The quantitative estimate of drug-likeness (QED) is 0.0301. The topological polar surface area (TPSA) is 318 Å². The summed E-state index contributed by atoms with van der Waals surface area (Å²) in [4.78, 5) is 95.8. The van der Waals surface area contributed by atoms with Crippen LogP contribution in [0.5, 0.6) is 0 Å². The van der Waals surface area contributed by atoms with E-state index in [-0.39, 0.29) is 38.3 Å². The molecule has 0 spiro atoms. The molecule has 3 rings (SSSR count). The number of para-hydroxylation sites is 1. The van der Waals surface area contributed by atoms with E-state index in [0.717, 1.165) is 10.9 Å². The fourth-order valence-electron chi connectivity index (χ4n) is 5.24. The van der Waals surface area contributed by atoms with E-state index in [2.05, 4.69) is 41.9 Å². The van der Waals surface area contributed by atoms with Crippen LogP contribution in [0.2, 0.25) is 0 Å². The summed E-state index contributed by atoms with van der Waals surface area (Å²) in [7, 11) is 0. The number of nitrogens with zero attached hydrogens (tertiary/aromatic N) is 1. The molecule has 0 unspecified atom stereocenters. The first kappa shape index (κ1) is 41.9. The zero-order valence-corrected chi connectivity index (χ0v) is 29.7. The Bertz CT molecular complexity index is 1810. The van der Waals surface area contributed by atoms with Gasteiger partial charge in [0, 0.05) is 36.5 Å². The number of hydrogen-bond acceptors (Lipinski definition) is 9. The second-order valence-electron chi connectivity index (χ2n) is 12.3. The second-order valence-corrected chi connectivity index (χ2v) is 12.3. The number of guanidine groups is 1. The highest BCUT2D eigenvalue weighted by molar-refractivity contribution is 5.95. The van der Waals surface area contributed by atoms with E-state index >= 15 is 0 Å². The summed E-state index contributed by atoms with van der Waals surface area (Å²) in [5.41, 5.74) is 18.4. The number of hydrogen-bond donors (Lipinski definition) is 11. The van der Waals surface area contributed by atoms with E-state index < -0.39 is 78.7 Å². The zero-order valence-electron chi connectivity index (χ0n) is 29.7. The van der Waals surface area contributed by atoms with E-state index in [9.17, 15) is 38.7 Å². The number of fused-ring (bicyclic) bond motifs is 1. The minimum absolute atomic E-state index is 0.00251. The molecular weight excluding hydrogens is 702 g/mol. The van der Waals surface area contributed by atoms with Crippen molar-refractivity contribution in [3.63, 3.8) is 0 Å². The first-order valence-electron chi connectivity index (χ1n) is 17.1. The van der Waals surface area contributed by atoms with Crippen molar-refractivity contribution >= 4 is 58.3 Å². The minimum atomic E-state index is -1.26. The third kappa shape index (κ3) is 13.9. The fraction of sp³-hybridized carbons (Fsp3) is 0.371. The molecule has 0 fully saturated rings. The maximum Gasteiger partial charge on any atom is 0.325 e. The van der Waals surface area contributed by atoms with Crippen LogP contribution in [-0.4, -0.2) is 108 Å².